The number of aromatic nitrogens is 3. The van der Waals surface area contributed by atoms with Crippen LogP contribution in [0.1, 0.15) is 13.8 Å². The van der Waals surface area contributed by atoms with Gasteiger partial charge in [-0.25, -0.2) is 4.98 Å². The van der Waals surface area contributed by atoms with Gasteiger partial charge in [-0.3, -0.25) is 0 Å². The fourth-order valence-corrected chi connectivity index (χ4v) is 1.28. The number of rotatable bonds is 3. The zero-order chi connectivity index (χ0) is 10.9. The van der Waals surface area contributed by atoms with Crippen molar-refractivity contribution in [1.82, 2.24) is 14.6 Å². The normalized spacial score (nSPS) is 11.9. The summed E-state index contributed by atoms with van der Waals surface area (Å²) in [4.78, 5) is 4.14. The molecule has 2 aromatic rings. The highest BCUT2D eigenvalue weighted by Gasteiger charge is 2.12. The molecule has 0 saturated carbocycles. The molecule has 0 spiro atoms. The summed E-state index contributed by atoms with van der Waals surface area (Å²) in [6.45, 7) is 3.97. The van der Waals surface area contributed by atoms with Crippen molar-refractivity contribution in [1.29, 1.82) is 0 Å². The van der Waals surface area contributed by atoms with Crippen LogP contribution in [0, 0.1) is 0 Å². The van der Waals surface area contributed by atoms with Crippen LogP contribution in [-0.2, 0) is 0 Å². The molecule has 2 N–H and O–H groups in total. The van der Waals surface area contributed by atoms with Crippen molar-refractivity contribution in [2.45, 2.75) is 19.4 Å². The highest BCUT2D eigenvalue weighted by Crippen LogP contribution is 2.10. The van der Waals surface area contributed by atoms with E-state index in [-0.39, 0.29) is 0 Å². The third-order valence-electron chi connectivity index (χ3n) is 1.99. The number of aliphatic hydroxyl groups is 1. The van der Waals surface area contributed by atoms with Gasteiger partial charge < -0.3 is 10.4 Å². The van der Waals surface area contributed by atoms with E-state index in [4.69, 9.17) is 0 Å². The van der Waals surface area contributed by atoms with Gasteiger partial charge in [0.2, 0.25) is 0 Å². The van der Waals surface area contributed by atoms with Crippen molar-refractivity contribution in [3.05, 3.63) is 24.5 Å². The van der Waals surface area contributed by atoms with E-state index in [0.29, 0.717) is 6.54 Å². The third-order valence-corrected chi connectivity index (χ3v) is 1.99. The van der Waals surface area contributed by atoms with Crippen LogP contribution in [0.4, 0.5) is 5.82 Å². The van der Waals surface area contributed by atoms with E-state index in [1.165, 1.54) is 0 Å². The first kappa shape index (κ1) is 9.92. The molecule has 5 heteroatoms. The van der Waals surface area contributed by atoms with E-state index >= 15 is 0 Å². The second kappa shape index (κ2) is 3.51. The van der Waals surface area contributed by atoms with E-state index in [9.17, 15) is 5.11 Å². The van der Waals surface area contributed by atoms with Crippen LogP contribution in [0.2, 0.25) is 0 Å². The Morgan fingerprint density at radius 3 is 2.93 bits per heavy atom. The van der Waals surface area contributed by atoms with Gasteiger partial charge in [-0.15, -0.1) is 0 Å². The first-order valence-corrected chi connectivity index (χ1v) is 4.81. The zero-order valence-electron chi connectivity index (χ0n) is 8.81. The van der Waals surface area contributed by atoms with Crippen molar-refractivity contribution < 1.29 is 5.11 Å². The van der Waals surface area contributed by atoms with Gasteiger partial charge in [0.1, 0.15) is 5.82 Å². The Bertz CT molecular complexity index is 458. The molecule has 0 aliphatic carbocycles. The number of nitrogens with zero attached hydrogens (tertiary/aromatic N) is 3. The number of fused-ring (bicyclic) bond motifs is 1. The first-order valence-electron chi connectivity index (χ1n) is 4.81. The molecule has 0 aromatic carbocycles. The Balaban J connectivity index is 2.24. The van der Waals surface area contributed by atoms with Crippen LogP contribution in [0.3, 0.4) is 0 Å². The predicted octanol–water partition coefficient (Wildman–Crippen LogP) is 0.912. The van der Waals surface area contributed by atoms with Gasteiger partial charge in [-0.1, -0.05) is 0 Å². The largest absolute Gasteiger partial charge is 0.389 e. The van der Waals surface area contributed by atoms with E-state index in [1.807, 2.05) is 12.1 Å². The average molecular weight is 206 g/mol. The van der Waals surface area contributed by atoms with Crippen LogP contribution in [0.15, 0.2) is 24.5 Å². The molecule has 0 unspecified atom stereocenters. The summed E-state index contributed by atoms with van der Waals surface area (Å²) in [5, 5.41) is 16.8. The topological polar surface area (TPSA) is 62.5 Å². The molecule has 2 heterocycles. The Kier molecular flexibility index (Phi) is 2.32. The predicted molar refractivity (Wildman–Crippen MR) is 57.8 cm³/mol. The van der Waals surface area contributed by atoms with Crippen LogP contribution in [-0.4, -0.2) is 31.9 Å². The van der Waals surface area contributed by atoms with Crippen LogP contribution < -0.4 is 5.32 Å². The molecular formula is C10H14N4O. The molecule has 2 aromatic heterocycles. The molecule has 15 heavy (non-hydrogen) atoms. The van der Waals surface area contributed by atoms with Gasteiger partial charge in [-0.05, 0) is 19.9 Å². The van der Waals surface area contributed by atoms with E-state index in [2.05, 4.69) is 15.4 Å². The Morgan fingerprint density at radius 2 is 2.20 bits per heavy atom. The Hall–Kier alpha value is -1.62. The van der Waals surface area contributed by atoms with Crippen LogP contribution >= 0.6 is 0 Å². The summed E-state index contributed by atoms with van der Waals surface area (Å²) >= 11 is 0. The summed E-state index contributed by atoms with van der Waals surface area (Å²) in [6, 6.07) is 3.65. The lowest BCUT2D eigenvalue weighted by Crippen LogP contribution is -2.30. The van der Waals surface area contributed by atoms with Crippen molar-refractivity contribution in [2.24, 2.45) is 0 Å². The highest BCUT2D eigenvalue weighted by atomic mass is 16.3. The Labute approximate surface area is 87.8 Å². The maximum atomic E-state index is 9.59. The van der Waals surface area contributed by atoms with E-state index in [1.54, 1.807) is 30.8 Å². The summed E-state index contributed by atoms with van der Waals surface area (Å²) in [6.07, 6.45) is 3.40. The van der Waals surface area contributed by atoms with E-state index < -0.39 is 5.60 Å². The molecule has 80 valence electrons. The van der Waals surface area contributed by atoms with Crippen molar-refractivity contribution >= 4 is 11.5 Å². The standard InChI is InChI=1S/C10H14N4O/c1-10(2,15)7-12-9-3-5-11-8-4-6-13-14(8)9/h3-6,12,15H,7H2,1-2H3. The number of nitrogens with one attached hydrogen (secondary N) is 1. The minimum atomic E-state index is -0.747. The maximum absolute atomic E-state index is 9.59. The van der Waals surface area contributed by atoms with Gasteiger partial charge in [0.25, 0.3) is 0 Å². The second-order valence-electron chi connectivity index (χ2n) is 4.10. The fourth-order valence-electron chi connectivity index (χ4n) is 1.28. The second-order valence-corrected chi connectivity index (χ2v) is 4.10. The number of hydrogen-bond donors (Lipinski definition) is 2. The third kappa shape index (κ3) is 2.24. The van der Waals surface area contributed by atoms with Crippen LogP contribution in [0.25, 0.3) is 5.65 Å². The highest BCUT2D eigenvalue weighted by molar-refractivity contribution is 5.46. The van der Waals surface area contributed by atoms with Crippen molar-refractivity contribution in [3.63, 3.8) is 0 Å². The molecule has 0 saturated heterocycles. The lowest BCUT2D eigenvalue weighted by Gasteiger charge is -2.18. The molecule has 0 aliphatic rings. The van der Waals surface area contributed by atoms with Gasteiger partial charge in [-0.2, -0.15) is 9.61 Å². The quantitative estimate of drug-likeness (QED) is 0.783. The van der Waals surface area contributed by atoms with Gasteiger partial charge in [0.15, 0.2) is 5.65 Å². The van der Waals surface area contributed by atoms with Crippen LogP contribution in [0.5, 0.6) is 0 Å². The monoisotopic (exact) mass is 206 g/mol. The summed E-state index contributed by atoms with van der Waals surface area (Å²) in [5.41, 5.74) is 0.0405. The van der Waals surface area contributed by atoms with E-state index in [0.717, 1.165) is 11.5 Å². The number of anilines is 1. The lowest BCUT2D eigenvalue weighted by molar-refractivity contribution is 0.0944. The SMILES string of the molecule is CC(C)(O)CNc1ccnc2ccnn12. The maximum Gasteiger partial charge on any atom is 0.157 e. The molecule has 0 bridgehead atoms. The average Bonchev–Trinajstić information content (AvgIpc) is 2.61. The van der Waals surface area contributed by atoms with Gasteiger partial charge in [0.05, 0.1) is 11.8 Å². The molecule has 0 fully saturated rings. The first-order chi connectivity index (χ1) is 7.06. The molecule has 2 rings (SSSR count). The van der Waals surface area contributed by atoms with Gasteiger partial charge >= 0.3 is 0 Å². The fraction of sp³-hybridized carbons (Fsp3) is 0.400. The van der Waals surface area contributed by atoms with Crippen molar-refractivity contribution in [3.8, 4) is 0 Å². The molecular weight excluding hydrogens is 192 g/mol. The summed E-state index contributed by atoms with van der Waals surface area (Å²) in [7, 11) is 0. The number of hydrogen-bond acceptors (Lipinski definition) is 4. The van der Waals surface area contributed by atoms with Gasteiger partial charge in [0, 0.05) is 18.8 Å². The zero-order valence-corrected chi connectivity index (χ0v) is 8.81. The Morgan fingerprint density at radius 1 is 1.40 bits per heavy atom. The van der Waals surface area contributed by atoms with Crippen molar-refractivity contribution in [2.75, 3.05) is 11.9 Å². The molecule has 0 radical (unpaired) electrons. The lowest BCUT2D eigenvalue weighted by atomic mass is 10.1. The molecule has 0 amide bonds. The molecule has 0 aliphatic heterocycles. The summed E-state index contributed by atoms with van der Waals surface area (Å²) in [5.74, 6) is 0.826. The summed E-state index contributed by atoms with van der Waals surface area (Å²) < 4.78 is 1.70. The minimum Gasteiger partial charge on any atom is -0.389 e. The molecule has 5 nitrogen and oxygen atoms in total. The minimum absolute atomic E-state index is 0.464. The molecule has 0 atom stereocenters. The smallest absolute Gasteiger partial charge is 0.157 e.